The third-order valence-electron chi connectivity index (χ3n) is 8.90. The maximum atomic E-state index is 5.17. The maximum absolute atomic E-state index is 5.17. The number of hydrogen-bond donors (Lipinski definition) is 4. The Hall–Kier alpha value is -7.41. The SMILES string of the molecule is c1ccc(-c2c(-c3nnn[nH]3)c(-c3c[nH]nn3)c3[nH]c(-c4cccc5ccccc45)c(-c4nc5ccccc5[nH]4)c3c2-c2ncccn2)nc1. The number of fused-ring (bicyclic) bond motifs is 3. The highest BCUT2D eigenvalue weighted by Gasteiger charge is 2.33. The van der Waals surface area contributed by atoms with E-state index in [9.17, 15) is 0 Å². The highest BCUT2D eigenvalue weighted by Crippen LogP contribution is 2.53. The van der Waals surface area contributed by atoms with Gasteiger partial charge in [0.1, 0.15) is 11.5 Å². The number of nitrogens with one attached hydrogen (secondary N) is 4. The molecule has 0 aliphatic rings. The van der Waals surface area contributed by atoms with Gasteiger partial charge in [-0.05, 0) is 51.5 Å². The Bertz CT molecular complexity index is 2770. The number of benzene rings is 4. The van der Waals surface area contributed by atoms with E-state index in [1.807, 2.05) is 54.6 Å². The van der Waals surface area contributed by atoms with Gasteiger partial charge >= 0.3 is 0 Å². The average molecular weight is 650 g/mol. The van der Waals surface area contributed by atoms with Crippen molar-refractivity contribution in [2.75, 3.05) is 0 Å². The number of rotatable bonds is 6. The van der Waals surface area contributed by atoms with Crippen LogP contribution in [0.25, 0.3) is 101 Å². The number of nitrogens with zero attached hydrogens (tertiary/aromatic N) is 9. The van der Waals surface area contributed by atoms with Crippen molar-refractivity contribution in [3.63, 3.8) is 0 Å². The van der Waals surface area contributed by atoms with Crippen LogP contribution >= 0.6 is 0 Å². The Balaban J connectivity index is 1.50. The molecule has 4 N–H and O–H groups in total. The number of hydrogen-bond acceptors (Lipinski definition) is 9. The fourth-order valence-electron chi connectivity index (χ4n) is 6.89. The summed E-state index contributed by atoms with van der Waals surface area (Å²) in [6.45, 7) is 0. The van der Waals surface area contributed by atoms with E-state index in [0.717, 1.165) is 55.1 Å². The van der Waals surface area contributed by atoms with Crippen LogP contribution < -0.4 is 0 Å². The van der Waals surface area contributed by atoms with Crippen LogP contribution in [-0.2, 0) is 0 Å². The Morgan fingerprint density at radius 2 is 1.40 bits per heavy atom. The van der Waals surface area contributed by atoms with Gasteiger partial charge in [-0.15, -0.1) is 10.2 Å². The summed E-state index contributed by atoms with van der Waals surface area (Å²) in [7, 11) is 0. The normalized spacial score (nSPS) is 11.6. The Kier molecular flexibility index (Phi) is 6.14. The molecule has 6 heterocycles. The van der Waals surface area contributed by atoms with Gasteiger partial charge < -0.3 is 9.97 Å². The second-order valence-electron chi connectivity index (χ2n) is 11.7. The summed E-state index contributed by atoms with van der Waals surface area (Å²) in [6, 6.07) is 30.2. The van der Waals surface area contributed by atoms with E-state index in [-0.39, 0.29) is 0 Å². The Labute approximate surface area is 281 Å². The molecule has 13 nitrogen and oxygen atoms in total. The van der Waals surface area contributed by atoms with Gasteiger partial charge in [-0.1, -0.05) is 65.9 Å². The quantitative estimate of drug-likeness (QED) is 0.147. The van der Waals surface area contributed by atoms with Crippen LogP contribution in [0, 0.1) is 0 Å². The topological polar surface area (TPSA) is 179 Å². The molecule has 0 aliphatic heterocycles. The molecule has 13 heteroatoms. The van der Waals surface area contributed by atoms with E-state index >= 15 is 0 Å². The van der Waals surface area contributed by atoms with Crippen molar-refractivity contribution < 1.29 is 0 Å². The zero-order valence-corrected chi connectivity index (χ0v) is 26.0. The largest absolute Gasteiger partial charge is 0.353 e. The lowest BCUT2D eigenvalue weighted by Gasteiger charge is -2.18. The maximum Gasteiger partial charge on any atom is 0.180 e. The molecule has 236 valence electrons. The van der Waals surface area contributed by atoms with Crippen LogP contribution in [-0.4, -0.2) is 65.9 Å². The fraction of sp³-hybridized carbons (Fsp3) is 0. The molecule has 0 spiro atoms. The van der Waals surface area contributed by atoms with E-state index in [1.165, 1.54) is 0 Å². The lowest BCUT2D eigenvalue weighted by atomic mass is 9.86. The van der Waals surface area contributed by atoms with Crippen molar-refractivity contribution in [1.29, 1.82) is 0 Å². The number of aromatic amines is 4. The number of tetrazole rings is 1. The molecule has 0 bridgehead atoms. The highest BCUT2D eigenvalue weighted by atomic mass is 15.5. The molecule has 0 unspecified atom stereocenters. The first-order valence-corrected chi connectivity index (χ1v) is 15.8. The molecular weight excluding hydrogens is 626 g/mol. The van der Waals surface area contributed by atoms with Crippen LogP contribution in [0.15, 0.2) is 116 Å². The van der Waals surface area contributed by atoms with Crippen LogP contribution in [0.5, 0.6) is 0 Å². The summed E-state index contributed by atoms with van der Waals surface area (Å²) < 4.78 is 0. The summed E-state index contributed by atoms with van der Waals surface area (Å²) in [5, 5.41) is 29.9. The van der Waals surface area contributed by atoms with Crippen molar-refractivity contribution >= 4 is 32.7 Å². The van der Waals surface area contributed by atoms with Gasteiger partial charge in [-0.2, -0.15) is 0 Å². The first-order valence-electron chi connectivity index (χ1n) is 15.8. The molecule has 50 heavy (non-hydrogen) atoms. The van der Waals surface area contributed by atoms with Gasteiger partial charge in [0.05, 0.1) is 39.7 Å². The summed E-state index contributed by atoms with van der Waals surface area (Å²) in [4.78, 5) is 27.2. The zero-order chi connectivity index (χ0) is 33.0. The predicted octanol–water partition coefficient (Wildman–Crippen LogP) is 7.02. The zero-order valence-electron chi connectivity index (χ0n) is 26.0. The average Bonchev–Trinajstić information content (AvgIpc) is 4.01. The molecule has 0 atom stereocenters. The first-order chi connectivity index (χ1) is 24.8. The molecule has 10 rings (SSSR count). The smallest absolute Gasteiger partial charge is 0.180 e. The molecule has 0 radical (unpaired) electrons. The third-order valence-corrected chi connectivity index (χ3v) is 8.90. The second-order valence-corrected chi connectivity index (χ2v) is 11.7. The van der Waals surface area contributed by atoms with Gasteiger partial charge in [-0.25, -0.2) is 20.1 Å². The summed E-state index contributed by atoms with van der Waals surface area (Å²) in [5.41, 5.74) is 9.17. The minimum absolute atomic E-state index is 0.411. The van der Waals surface area contributed by atoms with E-state index in [0.29, 0.717) is 45.6 Å². The van der Waals surface area contributed by atoms with Gasteiger partial charge in [0.2, 0.25) is 0 Å². The lowest BCUT2D eigenvalue weighted by molar-refractivity contribution is 0.881. The second kappa shape index (κ2) is 11.1. The monoisotopic (exact) mass is 649 g/mol. The molecule has 0 aliphatic carbocycles. The molecule has 0 amide bonds. The molecule has 0 saturated heterocycles. The Morgan fingerprint density at radius 1 is 0.560 bits per heavy atom. The standard InChI is InChI=1S/C37H23N13/c1-2-11-21-20(9-1)10-7-12-22(21)33-32(36-42-23-13-3-4-14-24(23)43-36)29-31(35-39-17-8-18-40-35)27(25-15-5-6-16-38-25)30(37-46-49-50-47-37)28(34(29)44-33)26-19-41-48-45-26/h1-19,44H,(H,42,43)(H,41,45,48)(H,46,47,49,50). The molecule has 4 aromatic carbocycles. The predicted molar refractivity (Wildman–Crippen MR) is 189 cm³/mol. The van der Waals surface area contributed by atoms with Crippen molar-refractivity contribution in [3.8, 4) is 67.9 Å². The highest BCUT2D eigenvalue weighted by molar-refractivity contribution is 6.22. The van der Waals surface area contributed by atoms with E-state index in [4.69, 9.17) is 19.9 Å². The Morgan fingerprint density at radius 3 is 2.22 bits per heavy atom. The third kappa shape index (κ3) is 4.23. The van der Waals surface area contributed by atoms with Gasteiger partial charge in [0.25, 0.3) is 0 Å². The number of imidazole rings is 1. The number of pyridine rings is 1. The molecule has 10 aromatic rings. The molecule has 6 aromatic heterocycles. The van der Waals surface area contributed by atoms with Gasteiger partial charge in [-0.3, -0.25) is 10.1 Å². The van der Waals surface area contributed by atoms with Crippen molar-refractivity contribution in [1.82, 2.24) is 65.9 Å². The van der Waals surface area contributed by atoms with Crippen molar-refractivity contribution in [2.45, 2.75) is 0 Å². The van der Waals surface area contributed by atoms with Crippen molar-refractivity contribution in [2.24, 2.45) is 0 Å². The molecule has 0 fully saturated rings. The minimum atomic E-state index is 0.411. The summed E-state index contributed by atoms with van der Waals surface area (Å²) >= 11 is 0. The van der Waals surface area contributed by atoms with E-state index < -0.39 is 0 Å². The number of para-hydroxylation sites is 2. The van der Waals surface area contributed by atoms with Gasteiger partial charge in [0.15, 0.2) is 11.6 Å². The van der Waals surface area contributed by atoms with Crippen LogP contribution in [0.4, 0.5) is 0 Å². The summed E-state index contributed by atoms with van der Waals surface area (Å²) in [5.74, 6) is 1.57. The van der Waals surface area contributed by atoms with Gasteiger partial charge in [0, 0.05) is 51.8 Å². The van der Waals surface area contributed by atoms with Crippen LogP contribution in [0.3, 0.4) is 0 Å². The minimum Gasteiger partial charge on any atom is -0.353 e. The molecule has 0 saturated carbocycles. The van der Waals surface area contributed by atoms with Crippen molar-refractivity contribution in [3.05, 3.63) is 116 Å². The lowest BCUT2D eigenvalue weighted by Crippen LogP contribution is -2.01. The number of H-pyrrole nitrogens is 4. The molecular formula is C37H23N13. The van der Waals surface area contributed by atoms with Crippen LogP contribution in [0.1, 0.15) is 0 Å². The van der Waals surface area contributed by atoms with Crippen LogP contribution in [0.2, 0.25) is 0 Å². The first kappa shape index (κ1) is 27.7. The van der Waals surface area contributed by atoms with E-state index in [1.54, 1.807) is 30.9 Å². The van der Waals surface area contributed by atoms with E-state index in [2.05, 4.69) is 76.3 Å². The number of aromatic nitrogens is 13. The fourth-order valence-corrected chi connectivity index (χ4v) is 6.89. The summed E-state index contributed by atoms with van der Waals surface area (Å²) in [6.07, 6.45) is 6.97.